The van der Waals surface area contributed by atoms with E-state index in [9.17, 15) is 14.9 Å². The first kappa shape index (κ1) is 11.8. The number of hydrogen-bond acceptors (Lipinski definition) is 3. The number of non-ortho nitro benzene ring substituents is 1. The Kier molecular flexibility index (Phi) is 3.24. The summed E-state index contributed by atoms with van der Waals surface area (Å²) in [5.41, 5.74) is -0.109. The normalized spacial score (nSPS) is 11.1. The second kappa shape index (κ2) is 4.10. The quantitative estimate of drug-likeness (QED) is 0.483. The third kappa shape index (κ3) is 2.62. The lowest BCUT2D eigenvalue weighted by Gasteiger charge is -2.17. The number of nitro groups is 1. The fourth-order valence-electron chi connectivity index (χ4n) is 1.12. The first-order valence-corrected chi connectivity index (χ1v) is 5.08. The van der Waals surface area contributed by atoms with Crippen LogP contribution in [0.15, 0.2) is 22.7 Å². The fourth-order valence-corrected chi connectivity index (χ4v) is 1.60. The summed E-state index contributed by atoms with van der Waals surface area (Å²) in [6.07, 6.45) is 0.776. The zero-order chi connectivity index (χ0) is 11.6. The number of nitrogens with zero attached hydrogens (tertiary/aromatic N) is 1. The Balaban J connectivity index is 3.32. The van der Waals surface area contributed by atoms with Gasteiger partial charge in [0.05, 0.1) is 4.92 Å². The molecule has 0 aliphatic rings. The molecule has 0 atom stereocenters. The van der Waals surface area contributed by atoms with Gasteiger partial charge >= 0.3 is 0 Å². The molecule has 0 saturated carbocycles. The molecule has 0 heterocycles. The zero-order valence-corrected chi connectivity index (χ0v) is 9.95. The Morgan fingerprint density at radius 2 is 2.00 bits per heavy atom. The van der Waals surface area contributed by atoms with Crippen molar-refractivity contribution in [3.63, 3.8) is 0 Å². The molecule has 0 aliphatic heterocycles. The smallest absolute Gasteiger partial charge is 0.270 e. The van der Waals surface area contributed by atoms with Crippen molar-refractivity contribution >= 4 is 27.9 Å². The third-order valence-corrected chi connectivity index (χ3v) is 2.59. The van der Waals surface area contributed by atoms with Crippen LogP contribution in [-0.2, 0) is 10.2 Å². The van der Waals surface area contributed by atoms with Gasteiger partial charge in [-0.2, -0.15) is 0 Å². The molecule has 0 radical (unpaired) electrons. The van der Waals surface area contributed by atoms with Crippen LogP contribution in [0.5, 0.6) is 0 Å². The first-order chi connectivity index (χ1) is 6.86. The van der Waals surface area contributed by atoms with Crippen LogP contribution in [0.4, 0.5) is 5.69 Å². The summed E-state index contributed by atoms with van der Waals surface area (Å²) in [4.78, 5) is 21.0. The minimum atomic E-state index is -0.714. The monoisotopic (exact) mass is 271 g/mol. The molecule has 1 aromatic carbocycles. The lowest BCUT2D eigenvalue weighted by molar-refractivity contribution is -0.385. The van der Waals surface area contributed by atoms with Gasteiger partial charge in [0.15, 0.2) is 0 Å². The van der Waals surface area contributed by atoms with Gasteiger partial charge in [-0.05, 0) is 25.5 Å². The molecular weight excluding hydrogens is 262 g/mol. The van der Waals surface area contributed by atoms with Crippen molar-refractivity contribution in [2.75, 3.05) is 0 Å². The number of halogens is 1. The van der Waals surface area contributed by atoms with Crippen molar-refractivity contribution in [1.29, 1.82) is 0 Å². The van der Waals surface area contributed by atoms with Gasteiger partial charge in [-0.25, -0.2) is 0 Å². The van der Waals surface area contributed by atoms with Crippen molar-refractivity contribution in [3.8, 4) is 0 Å². The van der Waals surface area contributed by atoms with E-state index in [2.05, 4.69) is 15.9 Å². The van der Waals surface area contributed by atoms with Crippen molar-refractivity contribution in [2.24, 2.45) is 0 Å². The van der Waals surface area contributed by atoms with Crippen molar-refractivity contribution < 1.29 is 9.72 Å². The largest absolute Gasteiger partial charge is 0.302 e. The maximum atomic E-state index is 10.8. The van der Waals surface area contributed by atoms with Crippen LogP contribution >= 0.6 is 15.9 Å². The van der Waals surface area contributed by atoms with Crippen LogP contribution in [0.3, 0.4) is 0 Å². The minimum Gasteiger partial charge on any atom is -0.302 e. The number of aldehydes is 1. The SMILES string of the molecule is CC(C)(C=O)c1cc(Br)cc([N+](=O)[O-])c1. The molecule has 0 spiro atoms. The first-order valence-electron chi connectivity index (χ1n) is 4.28. The second-order valence-electron chi connectivity index (χ2n) is 3.79. The molecule has 0 aliphatic carbocycles. The molecule has 80 valence electrons. The lowest BCUT2D eigenvalue weighted by atomic mass is 9.86. The minimum absolute atomic E-state index is 0.0192. The number of nitro benzene ring substituents is 1. The van der Waals surface area contributed by atoms with E-state index in [1.807, 2.05) is 0 Å². The third-order valence-electron chi connectivity index (χ3n) is 2.13. The van der Waals surface area contributed by atoms with Gasteiger partial charge < -0.3 is 4.79 Å². The summed E-state index contributed by atoms with van der Waals surface area (Å²) in [6, 6.07) is 4.53. The highest BCUT2D eigenvalue weighted by atomic mass is 79.9. The standard InChI is InChI=1S/C10H10BrNO3/c1-10(2,6-13)7-3-8(11)5-9(4-7)12(14)15/h3-6H,1-2H3. The number of benzene rings is 1. The second-order valence-corrected chi connectivity index (χ2v) is 4.71. The van der Waals surface area contributed by atoms with Crippen LogP contribution in [0.2, 0.25) is 0 Å². The molecule has 0 aromatic heterocycles. The van der Waals surface area contributed by atoms with E-state index in [0.717, 1.165) is 6.29 Å². The Bertz CT molecular complexity index is 415. The highest BCUT2D eigenvalue weighted by Gasteiger charge is 2.22. The molecule has 4 nitrogen and oxygen atoms in total. The van der Waals surface area contributed by atoms with Crippen molar-refractivity contribution in [2.45, 2.75) is 19.3 Å². The van der Waals surface area contributed by atoms with E-state index >= 15 is 0 Å². The van der Waals surface area contributed by atoms with Gasteiger partial charge in [-0.15, -0.1) is 0 Å². The Morgan fingerprint density at radius 3 is 2.47 bits per heavy atom. The summed E-state index contributed by atoms with van der Waals surface area (Å²) in [5, 5.41) is 10.6. The molecular formula is C10H10BrNO3. The molecule has 1 rings (SSSR count). The summed E-state index contributed by atoms with van der Waals surface area (Å²) < 4.78 is 0.599. The number of carbonyl (C=O) groups is 1. The van der Waals surface area contributed by atoms with Crippen LogP contribution in [0.1, 0.15) is 19.4 Å². The van der Waals surface area contributed by atoms with E-state index in [1.165, 1.54) is 12.1 Å². The average molecular weight is 272 g/mol. The van der Waals surface area contributed by atoms with Crippen LogP contribution < -0.4 is 0 Å². The topological polar surface area (TPSA) is 60.2 Å². The number of carbonyl (C=O) groups excluding carboxylic acids is 1. The Morgan fingerprint density at radius 1 is 1.40 bits per heavy atom. The summed E-state index contributed by atoms with van der Waals surface area (Å²) in [7, 11) is 0. The lowest BCUT2D eigenvalue weighted by Crippen LogP contribution is -2.18. The van der Waals surface area contributed by atoms with Gasteiger partial charge in [0.1, 0.15) is 6.29 Å². The van der Waals surface area contributed by atoms with E-state index in [1.54, 1.807) is 19.9 Å². The average Bonchev–Trinajstić information content (AvgIpc) is 2.16. The molecule has 0 N–H and O–H groups in total. The molecule has 5 heteroatoms. The molecule has 0 bridgehead atoms. The zero-order valence-electron chi connectivity index (χ0n) is 8.36. The summed E-state index contributed by atoms with van der Waals surface area (Å²) in [5.74, 6) is 0. The predicted octanol–water partition coefficient (Wildman–Crippen LogP) is 2.83. The van der Waals surface area contributed by atoms with Crippen LogP contribution in [0.25, 0.3) is 0 Å². The van der Waals surface area contributed by atoms with E-state index in [4.69, 9.17) is 0 Å². The van der Waals surface area contributed by atoms with E-state index < -0.39 is 10.3 Å². The van der Waals surface area contributed by atoms with Crippen molar-refractivity contribution in [3.05, 3.63) is 38.3 Å². The Hall–Kier alpha value is -1.23. The predicted molar refractivity (Wildman–Crippen MR) is 59.9 cm³/mol. The molecule has 0 amide bonds. The maximum absolute atomic E-state index is 10.8. The van der Waals surface area contributed by atoms with Crippen LogP contribution in [0, 0.1) is 10.1 Å². The van der Waals surface area contributed by atoms with Gasteiger partial charge in [0, 0.05) is 22.0 Å². The molecule has 1 aromatic rings. The maximum Gasteiger partial charge on any atom is 0.270 e. The summed E-state index contributed by atoms with van der Waals surface area (Å²) in [6.45, 7) is 3.43. The van der Waals surface area contributed by atoms with Gasteiger partial charge in [0.2, 0.25) is 0 Å². The highest BCUT2D eigenvalue weighted by molar-refractivity contribution is 9.10. The molecule has 0 unspecified atom stereocenters. The summed E-state index contributed by atoms with van der Waals surface area (Å²) >= 11 is 3.18. The van der Waals surface area contributed by atoms with Gasteiger partial charge in [-0.3, -0.25) is 10.1 Å². The fraction of sp³-hybridized carbons (Fsp3) is 0.300. The number of rotatable bonds is 3. The van der Waals surface area contributed by atoms with E-state index in [0.29, 0.717) is 10.0 Å². The van der Waals surface area contributed by atoms with Crippen molar-refractivity contribution in [1.82, 2.24) is 0 Å². The number of hydrogen-bond donors (Lipinski definition) is 0. The molecule has 0 fully saturated rings. The van der Waals surface area contributed by atoms with E-state index in [-0.39, 0.29) is 5.69 Å². The molecule has 0 saturated heterocycles. The highest BCUT2D eigenvalue weighted by Crippen LogP contribution is 2.28. The van der Waals surface area contributed by atoms with Crippen LogP contribution in [-0.4, -0.2) is 11.2 Å². The molecule has 15 heavy (non-hydrogen) atoms. The van der Waals surface area contributed by atoms with Gasteiger partial charge in [0.25, 0.3) is 5.69 Å². The Labute approximate surface area is 95.6 Å². The van der Waals surface area contributed by atoms with Gasteiger partial charge in [-0.1, -0.05) is 15.9 Å².